The predicted octanol–water partition coefficient (Wildman–Crippen LogP) is 2.86. The second-order valence-corrected chi connectivity index (χ2v) is 2.59. The van der Waals surface area contributed by atoms with E-state index in [9.17, 15) is 0 Å². The molecule has 0 N–H and O–H groups in total. The largest absolute Gasteiger partial charge is 0.0590 e. The molecule has 0 saturated heterocycles. The molecule has 0 atom stereocenters. The molecule has 0 fully saturated rings. The maximum atomic E-state index is 2.20. The highest BCUT2D eigenvalue weighted by molar-refractivity contribution is 5.28. The van der Waals surface area contributed by atoms with Crippen LogP contribution in [0.15, 0.2) is 18.2 Å². The van der Waals surface area contributed by atoms with Crippen molar-refractivity contribution in [1.29, 1.82) is 0 Å². The van der Waals surface area contributed by atoms with Crippen LogP contribution in [0.4, 0.5) is 0 Å². The maximum absolute atomic E-state index is 2.20. The van der Waals surface area contributed by atoms with Gasteiger partial charge >= 0.3 is 0 Å². The zero-order valence-electron chi connectivity index (χ0n) is 6.23. The lowest BCUT2D eigenvalue weighted by molar-refractivity contribution is 1.30. The van der Waals surface area contributed by atoms with E-state index >= 15 is 0 Å². The Labute approximate surface area is 58.0 Å². The van der Waals surface area contributed by atoms with Crippen LogP contribution < -0.4 is 0 Å². The average Bonchev–Trinajstić information content (AvgIpc) is 1.80. The summed E-state index contributed by atoms with van der Waals surface area (Å²) in [5.74, 6) is 0. The van der Waals surface area contributed by atoms with Crippen LogP contribution in [-0.2, 0) is 0 Å². The molecule has 0 aliphatic rings. The molecule has 0 saturated carbocycles. The van der Waals surface area contributed by atoms with E-state index < -0.39 is 0 Å². The van der Waals surface area contributed by atoms with Crippen molar-refractivity contribution in [3.63, 3.8) is 0 Å². The van der Waals surface area contributed by atoms with Crippen LogP contribution >= 0.6 is 0 Å². The summed E-state index contributed by atoms with van der Waals surface area (Å²) in [6, 6.07) is 6.50. The van der Waals surface area contributed by atoms with Crippen molar-refractivity contribution in [2.45, 2.75) is 20.8 Å². The summed E-state index contributed by atoms with van der Waals surface area (Å²) < 4.78 is 0. The summed E-state index contributed by atoms with van der Waals surface area (Å²) in [5.41, 5.74) is 4.11. The van der Waals surface area contributed by atoms with Gasteiger partial charge in [-0.2, -0.15) is 0 Å². The van der Waals surface area contributed by atoms with Crippen molar-refractivity contribution >= 4 is 0 Å². The quantitative estimate of drug-likeness (QED) is 0.496. The lowest BCUT2D eigenvalue weighted by Gasteiger charge is -1.98. The summed E-state index contributed by atoms with van der Waals surface area (Å²) in [7, 11) is 0. The van der Waals surface area contributed by atoms with Gasteiger partial charge in [-0.1, -0.05) is 23.8 Å². The van der Waals surface area contributed by atoms with Crippen molar-refractivity contribution in [2.75, 3.05) is 0 Å². The Morgan fingerprint density at radius 2 is 1.67 bits per heavy atom. The molecule has 1 aromatic rings. The fourth-order valence-electron chi connectivity index (χ4n) is 0.891. The van der Waals surface area contributed by atoms with Gasteiger partial charge in [0.05, 0.1) is 0 Å². The molecule has 0 aliphatic heterocycles. The van der Waals surface area contributed by atoms with Gasteiger partial charge in [0.1, 0.15) is 0 Å². The number of hydrogen-bond donors (Lipinski definition) is 0. The lowest BCUT2D eigenvalue weighted by atomic mass is 10.1. The molecule has 0 spiro atoms. The van der Waals surface area contributed by atoms with Gasteiger partial charge < -0.3 is 0 Å². The second kappa shape index (κ2) is 2.22. The summed E-state index contributed by atoms with van der Waals surface area (Å²) >= 11 is 0. The van der Waals surface area contributed by atoms with Crippen LogP contribution in [0.3, 0.4) is 0 Å². The molecular weight excluding hydrogens is 108 g/mol. The van der Waals surface area contributed by atoms with Gasteiger partial charge in [-0.05, 0) is 31.9 Å². The Bertz CT molecular complexity index is 216. The molecule has 0 heteroatoms. The van der Waals surface area contributed by atoms with E-state index in [4.69, 9.17) is 0 Å². The molecule has 0 radical (unpaired) electrons. The van der Waals surface area contributed by atoms with Crippen LogP contribution in [0.1, 0.15) is 18.1 Å². The first kappa shape index (κ1) is 6.34. The average molecular weight is 122 g/mol. The highest BCUT2D eigenvalue weighted by Gasteiger charge is 1.89. The predicted molar refractivity (Wildman–Crippen MR) is 42.8 cm³/mol. The first-order chi connectivity index (χ1) is 4.20. The van der Waals surface area contributed by atoms with Crippen LogP contribution in [0, 0.1) is 20.8 Å². The SMILES string of the molecule is Cc1ccc(C)c(C)c1.[HH]. The van der Waals surface area contributed by atoms with E-state index in [1.54, 1.807) is 0 Å². The summed E-state index contributed by atoms with van der Waals surface area (Å²) in [5, 5.41) is 0. The molecule has 0 aromatic heterocycles. The molecule has 1 rings (SSSR count). The van der Waals surface area contributed by atoms with E-state index in [0.29, 0.717) is 0 Å². The van der Waals surface area contributed by atoms with Crippen molar-refractivity contribution in [3.8, 4) is 0 Å². The Hall–Kier alpha value is -0.780. The van der Waals surface area contributed by atoms with Crippen LogP contribution in [0.2, 0.25) is 0 Å². The van der Waals surface area contributed by atoms with Gasteiger partial charge in [0.25, 0.3) is 0 Å². The highest BCUT2D eigenvalue weighted by Crippen LogP contribution is 2.07. The molecule has 50 valence electrons. The minimum Gasteiger partial charge on any atom is -0.0590 e. The van der Waals surface area contributed by atoms with Gasteiger partial charge in [-0.15, -0.1) is 0 Å². The Kier molecular flexibility index (Phi) is 1.56. The molecular formula is C9H14. The van der Waals surface area contributed by atoms with Crippen molar-refractivity contribution in [3.05, 3.63) is 34.9 Å². The molecule has 0 bridgehead atoms. The van der Waals surface area contributed by atoms with Crippen LogP contribution in [0.25, 0.3) is 0 Å². The van der Waals surface area contributed by atoms with Gasteiger partial charge in [0.15, 0.2) is 0 Å². The van der Waals surface area contributed by atoms with Crippen molar-refractivity contribution in [2.24, 2.45) is 0 Å². The first-order valence-electron chi connectivity index (χ1n) is 3.24. The Morgan fingerprint density at radius 1 is 1.00 bits per heavy atom. The fourth-order valence-corrected chi connectivity index (χ4v) is 0.891. The number of benzene rings is 1. The van der Waals surface area contributed by atoms with Gasteiger partial charge in [0.2, 0.25) is 0 Å². The van der Waals surface area contributed by atoms with Gasteiger partial charge in [-0.25, -0.2) is 0 Å². The first-order valence-corrected chi connectivity index (χ1v) is 3.24. The topological polar surface area (TPSA) is 0 Å². The second-order valence-electron chi connectivity index (χ2n) is 2.59. The van der Waals surface area contributed by atoms with Crippen molar-refractivity contribution in [1.82, 2.24) is 0 Å². The minimum absolute atomic E-state index is 0. The van der Waals surface area contributed by atoms with E-state index in [1.165, 1.54) is 16.7 Å². The highest BCUT2D eigenvalue weighted by atomic mass is 13.9. The molecule has 0 heterocycles. The third-order valence-corrected chi connectivity index (χ3v) is 1.66. The molecule has 0 nitrogen and oxygen atoms in total. The summed E-state index contributed by atoms with van der Waals surface area (Å²) in [6.45, 7) is 6.39. The number of aryl methyl sites for hydroxylation is 3. The van der Waals surface area contributed by atoms with Crippen LogP contribution in [0.5, 0.6) is 0 Å². The summed E-state index contributed by atoms with van der Waals surface area (Å²) in [4.78, 5) is 0. The maximum Gasteiger partial charge on any atom is 0 e. The van der Waals surface area contributed by atoms with E-state index in [1.807, 2.05) is 0 Å². The molecule has 0 unspecified atom stereocenters. The zero-order chi connectivity index (χ0) is 6.85. The number of rotatable bonds is 0. The standard InChI is InChI=1S/C9H12.H2/c1-7-4-5-8(2)9(3)6-7;/h4-6H,1-3H3;1H. The Balaban J connectivity index is 0.000000810. The zero-order valence-corrected chi connectivity index (χ0v) is 6.23. The van der Waals surface area contributed by atoms with Crippen LogP contribution in [-0.4, -0.2) is 0 Å². The Morgan fingerprint density at radius 3 is 2.11 bits per heavy atom. The number of hydrogen-bond acceptors (Lipinski definition) is 0. The lowest BCUT2D eigenvalue weighted by Crippen LogP contribution is -1.79. The fraction of sp³-hybridized carbons (Fsp3) is 0.333. The summed E-state index contributed by atoms with van der Waals surface area (Å²) in [6.07, 6.45) is 0. The molecule has 0 aliphatic carbocycles. The third kappa shape index (κ3) is 1.32. The van der Waals surface area contributed by atoms with E-state index in [-0.39, 0.29) is 1.43 Å². The molecule has 9 heavy (non-hydrogen) atoms. The van der Waals surface area contributed by atoms with Crippen molar-refractivity contribution < 1.29 is 1.43 Å². The van der Waals surface area contributed by atoms with Gasteiger partial charge in [0, 0.05) is 1.43 Å². The van der Waals surface area contributed by atoms with Gasteiger partial charge in [-0.3, -0.25) is 0 Å². The normalized spacial score (nSPS) is 9.67. The molecule has 0 amide bonds. The smallest absolute Gasteiger partial charge is 0 e. The molecule has 1 aromatic carbocycles. The van der Waals surface area contributed by atoms with E-state index in [0.717, 1.165) is 0 Å². The third-order valence-electron chi connectivity index (χ3n) is 1.66. The monoisotopic (exact) mass is 122 g/mol. The van der Waals surface area contributed by atoms with E-state index in [2.05, 4.69) is 39.0 Å². The minimum atomic E-state index is 0.